The van der Waals surface area contributed by atoms with E-state index in [9.17, 15) is 4.39 Å². The van der Waals surface area contributed by atoms with Gasteiger partial charge in [-0.05, 0) is 49.8 Å². The smallest absolute Gasteiger partial charge is 0.123 e. The first-order valence-corrected chi connectivity index (χ1v) is 7.63. The van der Waals surface area contributed by atoms with Crippen molar-refractivity contribution in [1.29, 1.82) is 0 Å². The van der Waals surface area contributed by atoms with Gasteiger partial charge in [0.05, 0.1) is 6.10 Å². The van der Waals surface area contributed by atoms with Crippen molar-refractivity contribution in [2.45, 2.75) is 63.5 Å². The summed E-state index contributed by atoms with van der Waals surface area (Å²) < 4.78 is 18.6. The minimum atomic E-state index is -0.198. The van der Waals surface area contributed by atoms with Crippen LogP contribution in [0.2, 0.25) is 0 Å². The molecule has 2 N–H and O–H groups in total. The molecule has 0 bridgehead atoms. The van der Waals surface area contributed by atoms with E-state index in [2.05, 4.69) is 13.8 Å². The van der Waals surface area contributed by atoms with Crippen LogP contribution in [0.1, 0.15) is 51.5 Å². The summed E-state index contributed by atoms with van der Waals surface area (Å²) in [6, 6.07) is 6.78. The van der Waals surface area contributed by atoms with Gasteiger partial charge in [-0.2, -0.15) is 0 Å². The van der Waals surface area contributed by atoms with Gasteiger partial charge in [0.2, 0.25) is 0 Å². The van der Waals surface area contributed by atoms with Crippen molar-refractivity contribution in [3.8, 4) is 0 Å². The van der Waals surface area contributed by atoms with E-state index in [-0.39, 0.29) is 17.3 Å². The molecular formula is C17H26FNO. The zero-order chi connectivity index (χ0) is 14.6. The molecule has 1 heterocycles. The van der Waals surface area contributed by atoms with Crippen molar-refractivity contribution < 1.29 is 9.13 Å². The second-order valence-corrected chi connectivity index (χ2v) is 6.40. The van der Waals surface area contributed by atoms with E-state index in [1.807, 2.05) is 12.1 Å². The minimum Gasteiger partial charge on any atom is -0.378 e. The van der Waals surface area contributed by atoms with Gasteiger partial charge >= 0.3 is 0 Å². The third-order valence-corrected chi connectivity index (χ3v) is 4.58. The lowest BCUT2D eigenvalue weighted by atomic mass is 9.76. The van der Waals surface area contributed by atoms with Crippen LogP contribution in [0, 0.1) is 5.82 Å². The fraction of sp³-hybridized carbons (Fsp3) is 0.647. The Morgan fingerprint density at radius 3 is 2.65 bits per heavy atom. The Kier molecular flexibility index (Phi) is 5.17. The predicted molar refractivity (Wildman–Crippen MR) is 80.2 cm³/mol. The molecule has 2 atom stereocenters. The molecule has 0 amide bonds. The molecular weight excluding hydrogens is 253 g/mol. The summed E-state index contributed by atoms with van der Waals surface area (Å²) in [5.41, 5.74) is 7.34. The SMILES string of the molecule is CC(C)(c1ccc(F)cc1)C(N)CCCC1CCCO1. The number of ether oxygens (including phenoxy) is 1. The third kappa shape index (κ3) is 3.80. The van der Waals surface area contributed by atoms with Gasteiger partial charge < -0.3 is 10.5 Å². The van der Waals surface area contributed by atoms with Gasteiger partial charge in [0.1, 0.15) is 5.82 Å². The molecule has 3 heteroatoms. The largest absolute Gasteiger partial charge is 0.378 e. The Bertz CT molecular complexity index is 410. The Hall–Kier alpha value is -0.930. The molecule has 1 saturated heterocycles. The molecule has 1 aromatic rings. The average Bonchev–Trinajstić information content (AvgIpc) is 2.92. The van der Waals surface area contributed by atoms with Crippen LogP contribution in [0.4, 0.5) is 4.39 Å². The van der Waals surface area contributed by atoms with Crippen molar-refractivity contribution in [3.05, 3.63) is 35.6 Å². The lowest BCUT2D eigenvalue weighted by Gasteiger charge is -2.32. The maximum atomic E-state index is 13.0. The Balaban J connectivity index is 1.85. The van der Waals surface area contributed by atoms with Crippen molar-refractivity contribution >= 4 is 0 Å². The number of hydrogen-bond donors (Lipinski definition) is 1. The lowest BCUT2D eigenvalue weighted by Crippen LogP contribution is -2.40. The van der Waals surface area contributed by atoms with Gasteiger partial charge in [-0.3, -0.25) is 0 Å². The van der Waals surface area contributed by atoms with Crippen molar-refractivity contribution in [2.24, 2.45) is 5.73 Å². The molecule has 1 aromatic carbocycles. The molecule has 0 aromatic heterocycles. The standard InChI is InChI=1S/C17H26FNO/c1-17(2,13-8-10-14(18)11-9-13)16(19)7-3-5-15-6-4-12-20-15/h8-11,15-16H,3-7,12,19H2,1-2H3. The third-order valence-electron chi connectivity index (χ3n) is 4.58. The quantitative estimate of drug-likeness (QED) is 0.860. The van der Waals surface area contributed by atoms with Crippen molar-refractivity contribution in [2.75, 3.05) is 6.61 Å². The predicted octanol–water partition coefficient (Wildman–Crippen LogP) is 3.78. The number of halogens is 1. The van der Waals surface area contributed by atoms with Crippen LogP contribution in [0.5, 0.6) is 0 Å². The molecule has 2 unspecified atom stereocenters. The van der Waals surface area contributed by atoms with E-state index < -0.39 is 0 Å². The van der Waals surface area contributed by atoms with Gasteiger partial charge in [-0.1, -0.05) is 26.0 Å². The highest BCUT2D eigenvalue weighted by atomic mass is 19.1. The van der Waals surface area contributed by atoms with Gasteiger partial charge in [-0.25, -0.2) is 4.39 Å². The van der Waals surface area contributed by atoms with Crippen LogP contribution < -0.4 is 5.73 Å². The maximum absolute atomic E-state index is 13.0. The normalized spacial score (nSPS) is 21.1. The molecule has 2 rings (SSSR count). The average molecular weight is 279 g/mol. The molecule has 20 heavy (non-hydrogen) atoms. The summed E-state index contributed by atoms with van der Waals surface area (Å²) in [4.78, 5) is 0. The van der Waals surface area contributed by atoms with Crippen molar-refractivity contribution in [1.82, 2.24) is 0 Å². The molecule has 0 spiro atoms. The summed E-state index contributed by atoms with van der Waals surface area (Å²) in [6.45, 7) is 5.19. The van der Waals surface area contributed by atoms with E-state index in [0.29, 0.717) is 6.10 Å². The number of nitrogens with two attached hydrogens (primary N) is 1. The van der Waals surface area contributed by atoms with Gasteiger partial charge in [0, 0.05) is 18.1 Å². The molecule has 1 aliphatic rings. The summed E-state index contributed by atoms with van der Waals surface area (Å²) in [7, 11) is 0. The molecule has 0 saturated carbocycles. The van der Waals surface area contributed by atoms with Crippen LogP contribution in [0.3, 0.4) is 0 Å². The van der Waals surface area contributed by atoms with Crippen LogP contribution in [0.15, 0.2) is 24.3 Å². The molecule has 1 fully saturated rings. The maximum Gasteiger partial charge on any atom is 0.123 e. The second-order valence-electron chi connectivity index (χ2n) is 6.40. The van der Waals surface area contributed by atoms with Crippen molar-refractivity contribution in [3.63, 3.8) is 0 Å². The highest BCUT2D eigenvalue weighted by Gasteiger charge is 2.28. The van der Waals surface area contributed by atoms with Crippen LogP contribution >= 0.6 is 0 Å². The second kappa shape index (κ2) is 6.68. The Labute approximate surface area is 121 Å². The molecule has 2 nitrogen and oxygen atoms in total. The summed E-state index contributed by atoms with van der Waals surface area (Å²) in [6.07, 6.45) is 6.00. The highest BCUT2D eigenvalue weighted by Crippen LogP contribution is 2.29. The minimum absolute atomic E-state index is 0.0781. The summed E-state index contributed by atoms with van der Waals surface area (Å²) >= 11 is 0. The molecule has 112 valence electrons. The fourth-order valence-corrected chi connectivity index (χ4v) is 2.89. The lowest BCUT2D eigenvalue weighted by molar-refractivity contribution is 0.101. The highest BCUT2D eigenvalue weighted by molar-refractivity contribution is 5.26. The van der Waals surface area contributed by atoms with E-state index >= 15 is 0 Å². The molecule has 0 radical (unpaired) electrons. The Morgan fingerprint density at radius 1 is 1.35 bits per heavy atom. The zero-order valence-electron chi connectivity index (χ0n) is 12.6. The number of hydrogen-bond acceptors (Lipinski definition) is 2. The topological polar surface area (TPSA) is 35.2 Å². The van der Waals surface area contributed by atoms with Crippen LogP contribution in [-0.4, -0.2) is 18.8 Å². The van der Waals surface area contributed by atoms with E-state index in [1.54, 1.807) is 0 Å². The van der Waals surface area contributed by atoms with Crippen LogP contribution in [-0.2, 0) is 10.2 Å². The van der Waals surface area contributed by atoms with E-state index in [0.717, 1.165) is 31.4 Å². The van der Waals surface area contributed by atoms with E-state index in [4.69, 9.17) is 10.5 Å². The van der Waals surface area contributed by atoms with E-state index in [1.165, 1.54) is 25.0 Å². The molecule has 0 aliphatic carbocycles. The Morgan fingerprint density at radius 2 is 2.05 bits per heavy atom. The first-order valence-electron chi connectivity index (χ1n) is 7.63. The van der Waals surface area contributed by atoms with Crippen LogP contribution in [0.25, 0.3) is 0 Å². The van der Waals surface area contributed by atoms with Gasteiger partial charge in [0.15, 0.2) is 0 Å². The van der Waals surface area contributed by atoms with Gasteiger partial charge in [-0.15, -0.1) is 0 Å². The van der Waals surface area contributed by atoms with Gasteiger partial charge in [0.25, 0.3) is 0 Å². The monoisotopic (exact) mass is 279 g/mol. The summed E-state index contributed by atoms with van der Waals surface area (Å²) in [5.74, 6) is -0.198. The number of rotatable bonds is 6. The first-order chi connectivity index (χ1) is 9.50. The first kappa shape index (κ1) is 15.5. The molecule has 1 aliphatic heterocycles. The summed E-state index contributed by atoms with van der Waals surface area (Å²) in [5, 5.41) is 0. The zero-order valence-corrected chi connectivity index (χ0v) is 12.6. The fourth-order valence-electron chi connectivity index (χ4n) is 2.89. The number of benzene rings is 1.